The van der Waals surface area contributed by atoms with Gasteiger partial charge in [-0.2, -0.15) is 0 Å². The van der Waals surface area contributed by atoms with E-state index in [9.17, 15) is 0 Å². The summed E-state index contributed by atoms with van der Waals surface area (Å²) in [5, 5.41) is 3.46. The first-order valence-electron chi connectivity index (χ1n) is 7.41. The molecular formula is C14H30N2O. The van der Waals surface area contributed by atoms with E-state index in [-0.39, 0.29) is 0 Å². The number of likely N-dealkylation sites (tertiary alicyclic amines) is 1. The van der Waals surface area contributed by atoms with Gasteiger partial charge in [0.15, 0.2) is 0 Å². The first-order valence-corrected chi connectivity index (χ1v) is 7.41. The van der Waals surface area contributed by atoms with Crippen LogP contribution in [0.15, 0.2) is 0 Å². The third-order valence-corrected chi connectivity index (χ3v) is 3.27. The van der Waals surface area contributed by atoms with E-state index in [0.717, 1.165) is 32.7 Å². The van der Waals surface area contributed by atoms with Gasteiger partial charge in [-0.25, -0.2) is 0 Å². The molecule has 3 heteroatoms. The zero-order chi connectivity index (χ0) is 12.3. The first-order chi connectivity index (χ1) is 8.36. The van der Waals surface area contributed by atoms with E-state index in [2.05, 4.69) is 24.1 Å². The van der Waals surface area contributed by atoms with E-state index in [1.54, 1.807) is 0 Å². The Labute approximate surface area is 107 Å². The molecule has 0 amide bonds. The summed E-state index contributed by atoms with van der Waals surface area (Å²) < 4.78 is 5.85. The minimum Gasteiger partial charge on any atom is -0.377 e. The molecule has 17 heavy (non-hydrogen) atoms. The molecule has 1 aliphatic heterocycles. The lowest BCUT2D eigenvalue weighted by molar-refractivity contribution is -0.000180. The van der Waals surface area contributed by atoms with Crippen LogP contribution in [-0.4, -0.2) is 50.3 Å². The third-order valence-electron chi connectivity index (χ3n) is 3.27. The molecule has 1 aliphatic rings. The van der Waals surface area contributed by atoms with Crippen molar-refractivity contribution >= 4 is 0 Å². The minimum absolute atomic E-state index is 0.493. The Bertz CT molecular complexity index is 176. The van der Waals surface area contributed by atoms with Gasteiger partial charge in [0, 0.05) is 13.2 Å². The summed E-state index contributed by atoms with van der Waals surface area (Å²) in [4.78, 5) is 2.57. The Balaban J connectivity index is 2.03. The topological polar surface area (TPSA) is 24.5 Å². The summed E-state index contributed by atoms with van der Waals surface area (Å²) in [6.07, 6.45) is 6.68. The van der Waals surface area contributed by atoms with Crippen molar-refractivity contribution < 1.29 is 4.74 Å². The van der Waals surface area contributed by atoms with Gasteiger partial charge in [-0.15, -0.1) is 0 Å². The Morgan fingerprint density at radius 3 is 2.88 bits per heavy atom. The molecule has 0 spiro atoms. The highest BCUT2D eigenvalue weighted by molar-refractivity contribution is 4.73. The van der Waals surface area contributed by atoms with Crippen LogP contribution in [0.3, 0.4) is 0 Å². The maximum atomic E-state index is 5.85. The first kappa shape index (κ1) is 14.9. The highest BCUT2D eigenvalue weighted by Gasteiger charge is 2.19. The van der Waals surface area contributed by atoms with Crippen molar-refractivity contribution in [3.05, 3.63) is 0 Å². The molecule has 1 rings (SSSR count). The number of hydrogen-bond acceptors (Lipinski definition) is 3. The molecule has 0 saturated carbocycles. The Kier molecular flexibility index (Phi) is 8.67. The van der Waals surface area contributed by atoms with Gasteiger partial charge in [0.25, 0.3) is 0 Å². The molecule has 0 radical (unpaired) electrons. The molecule has 0 aliphatic carbocycles. The molecule has 1 N–H and O–H groups in total. The van der Waals surface area contributed by atoms with Gasteiger partial charge in [0.2, 0.25) is 0 Å². The van der Waals surface area contributed by atoms with Crippen molar-refractivity contribution in [2.45, 2.75) is 52.1 Å². The van der Waals surface area contributed by atoms with Crippen molar-refractivity contribution in [2.75, 3.05) is 39.3 Å². The second-order valence-corrected chi connectivity index (χ2v) is 5.04. The van der Waals surface area contributed by atoms with Crippen LogP contribution in [0.1, 0.15) is 46.0 Å². The fraction of sp³-hybridized carbons (Fsp3) is 1.00. The average molecular weight is 242 g/mol. The lowest BCUT2D eigenvalue weighted by Gasteiger charge is -2.32. The molecule has 1 atom stereocenters. The molecule has 1 heterocycles. The van der Waals surface area contributed by atoms with Crippen LogP contribution in [0.25, 0.3) is 0 Å². The molecule has 0 aromatic heterocycles. The molecule has 1 unspecified atom stereocenters. The number of nitrogens with zero attached hydrogens (tertiary/aromatic N) is 1. The third kappa shape index (κ3) is 7.02. The van der Waals surface area contributed by atoms with Crippen molar-refractivity contribution in [2.24, 2.45) is 0 Å². The van der Waals surface area contributed by atoms with Gasteiger partial charge in [-0.05, 0) is 58.3 Å². The maximum absolute atomic E-state index is 5.85. The normalized spacial score (nSPS) is 21.9. The summed E-state index contributed by atoms with van der Waals surface area (Å²) in [5.41, 5.74) is 0. The lowest BCUT2D eigenvalue weighted by atomic mass is 10.1. The summed E-state index contributed by atoms with van der Waals surface area (Å²) in [6, 6.07) is 0. The summed E-state index contributed by atoms with van der Waals surface area (Å²) in [7, 11) is 0. The lowest BCUT2D eigenvalue weighted by Crippen LogP contribution is -2.40. The number of nitrogens with one attached hydrogen (secondary N) is 1. The van der Waals surface area contributed by atoms with Gasteiger partial charge in [0.1, 0.15) is 0 Å². The Morgan fingerprint density at radius 2 is 2.12 bits per heavy atom. The maximum Gasteiger partial charge on any atom is 0.0702 e. The second-order valence-electron chi connectivity index (χ2n) is 5.04. The van der Waals surface area contributed by atoms with Crippen molar-refractivity contribution in [1.29, 1.82) is 0 Å². The van der Waals surface area contributed by atoms with Crippen LogP contribution in [0.4, 0.5) is 0 Å². The largest absolute Gasteiger partial charge is 0.377 e. The summed E-state index contributed by atoms with van der Waals surface area (Å²) in [6.45, 7) is 11.3. The Hall–Kier alpha value is -0.120. The quantitative estimate of drug-likeness (QED) is 0.628. The smallest absolute Gasteiger partial charge is 0.0702 e. The van der Waals surface area contributed by atoms with Crippen LogP contribution in [-0.2, 0) is 4.74 Å². The van der Waals surface area contributed by atoms with Crippen LogP contribution < -0.4 is 5.32 Å². The van der Waals surface area contributed by atoms with E-state index in [1.807, 2.05) is 0 Å². The van der Waals surface area contributed by atoms with Crippen molar-refractivity contribution in [1.82, 2.24) is 10.2 Å². The number of ether oxygens (including phenoxy) is 1. The van der Waals surface area contributed by atoms with Crippen molar-refractivity contribution in [3.63, 3.8) is 0 Å². The number of hydrogen-bond donors (Lipinski definition) is 1. The van der Waals surface area contributed by atoms with E-state index in [4.69, 9.17) is 4.74 Å². The molecule has 102 valence electrons. The Morgan fingerprint density at radius 1 is 1.24 bits per heavy atom. The fourth-order valence-corrected chi connectivity index (χ4v) is 2.37. The van der Waals surface area contributed by atoms with Gasteiger partial charge in [0.05, 0.1) is 6.10 Å². The summed E-state index contributed by atoms with van der Waals surface area (Å²) in [5.74, 6) is 0. The molecule has 3 nitrogen and oxygen atoms in total. The molecular weight excluding hydrogens is 212 g/mol. The van der Waals surface area contributed by atoms with Gasteiger partial charge in [-0.1, -0.05) is 13.8 Å². The molecule has 0 aromatic rings. The minimum atomic E-state index is 0.493. The number of piperidine rings is 1. The highest BCUT2D eigenvalue weighted by Crippen LogP contribution is 2.13. The molecule has 0 aromatic carbocycles. The number of rotatable bonds is 9. The molecule has 1 saturated heterocycles. The summed E-state index contributed by atoms with van der Waals surface area (Å²) >= 11 is 0. The van der Waals surface area contributed by atoms with Crippen LogP contribution in [0.2, 0.25) is 0 Å². The van der Waals surface area contributed by atoms with E-state index >= 15 is 0 Å². The van der Waals surface area contributed by atoms with Gasteiger partial charge in [-0.3, -0.25) is 0 Å². The van der Waals surface area contributed by atoms with Crippen molar-refractivity contribution in [3.8, 4) is 0 Å². The van der Waals surface area contributed by atoms with Crippen LogP contribution in [0, 0.1) is 0 Å². The monoisotopic (exact) mass is 242 g/mol. The van der Waals surface area contributed by atoms with Crippen LogP contribution in [0.5, 0.6) is 0 Å². The highest BCUT2D eigenvalue weighted by atomic mass is 16.5. The SMILES string of the molecule is CCCNCCCN1CCCC(OCCC)C1. The predicted octanol–water partition coefficient (Wildman–Crippen LogP) is 2.27. The van der Waals surface area contributed by atoms with Gasteiger partial charge >= 0.3 is 0 Å². The van der Waals surface area contributed by atoms with E-state index in [1.165, 1.54) is 38.8 Å². The zero-order valence-corrected chi connectivity index (χ0v) is 11.7. The standard InChI is InChI=1S/C14H30N2O/c1-3-8-15-9-6-11-16-10-5-7-14(13-16)17-12-4-2/h14-15H,3-13H2,1-2H3. The van der Waals surface area contributed by atoms with Crippen LogP contribution >= 0.6 is 0 Å². The molecule has 1 fully saturated rings. The van der Waals surface area contributed by atoms with E-state index in [0.29, 0.717) is 6.10 Å². The van der Waals surface area contributed by atoms with E-state index < -0.39 is 0 Å². The predicted molar refractivity (Wildman–Crippen MR) is 73.5 cm³/mol. The van der Waals surface area contributed by atoms with Gasteiger partial charge < -0.3 is 15.0 Å². The molecule has 0 bridgehead atoms. The average Bonchev–Trinajstić information content (AvgIpc) is 2.37. The fourth-order valence-electron chi connectivity index (χ4n) is 2.37. The second kappa shape index (κ2) is 9.86. The zero-order valence-electron chi connectivity index (χ0n) is 11.7.